The molecule has 1 N–H and O–H groups in total. The highest BCUT2D eigenvalue weighted by Crippen LogP contribution is 2.15. The normalized spacial score (nSPS) is 10.8. The lowest BCUT2D eigenvalue weighted by Crippen LogP contribution is -2.22. The van der Waals surface area contributed by atoms with Crippen LogP contribution in [0.3, 0.4) is 0 Å². The van der Waals surface area contributed by atoms with Gasteiger partial charge in [0.05, 0.1) is 23.6 Å². The highest BCUT2D eigenvalue weighted by molar-refractivity contribution is 9.10. The minimum Gasteiger partial charge on any atom is -0.491 e. The summed E-state index contributed by atoms with van der Waals surface area (Å²) in [5.74, 6) is 0.668. The van der Waals surface area contributed by atoms with Crippen LogP contribution in [0.25, 0.3) is 5.69 Å². The number of hydrogen-bond acceptors (Lipinski definition) is 3. The van der Waals surface area contributed by atoms with Gasteiger partial charge in [-0.15, -0.1) is 0 Å². The molecule has 0 aliphatic rings. The van der Waals surface area contributed by atoms with Crippen molar-refractivity contribution in [2.75, 3.05) is 0 Å². The average Bonchev–Trinajstić information content (AvgIpc) is 3.11. The number of benzene rings is 2. The summed E-state index contributed by atoms with van der Waals surface area (Å²) >= 11 is 3.40. The fraction of sp³-hybridized carbons (Fsp3) is 0.200. The predicted octanol–water partition coefficient (Wildman–Crippen LogP) is 4.35. The Kier molecular flexibility index (Phi) is 5.73. The summed E-state index contributed by atoms with van der Waals surface area (Å²) in [5, 5.41) is 7.16. The van der Waals surface area contributed by atoms with Gasteiger partial charge in [0.15, 0.2) is 0 Å². The minimum atomic E-state index is -0.157. The average molecular weight is 414 g/mol. The lowest BCUT2D eigenvalue weighted by atomic mass is 10.2. The Hall–Kier alpha value is -2.60. The van der Waals surface area contributed by atoms with E-state index in [2.05, 4.69) is 26.3 Å². The molecule has 0 radical (unpaired) electrons. The molecule has 0 aliphatic carbocycles. The first-order chi connectivity index (χ1) is 12.5. The smallest absolute Gasteiger partial charge is 0.254 e. The van der Waals surface area contributed by atoms with Crippen molar-refractivity contribution in [1.29, 1.82) is 0 Å². The van der Waals surface area contributed by atoms with E-state index in [0.29, 0.717) is 12.1 Å². The van der Waals surface area contributed by atoms with Gasteiger partial charge >= 0.3 is 0 Å². The van der Waals surface area contributed by atoms with E-state index in [1.807, 2.05) is 62.4 Å². The maximum atomic E-state index is 12.3. The molecule has 0 saturated carbocycles. The molecule has 1 amide bonds. The van der Waals surface area contributed by atoms with E-state index < -0.39 is 0 Å². The Morgan fingerprint density at radius 1 is 1.15 bits per heavy atom. The molecule has 1 heterocycles. The second kappa shape index (κ2) is 8.19. The van der Waals surface area contributed by atoms with Crippen LogP contribution in [0.15, 0.2) is 65.4 Å². The summed E-state index contributed by atoms with van der Waals surface area (Å²) in [5.41, 5.74) is 2.43. The lowest BCUT2D eigenvalue weighted by Gasteiger charge is -2.10. The zero-order valence-electron chi connectivity index (χ0n) is 14.6. The van der Waals surface area contributed by atoms with Crippen molar-refractivity contribution in [3.8, 4) is 11.4 Å². The first kappa shape index (κ1) is 18.2. The fourth-order valence-corrected chi connectivity index (χ4v) is 2.68. The number of nitrogens with zero attached hydrogens (tertiary/aromatic N) is 2. The highest BCUT2D eigenvalue weighted by atomic mass is 79.9. The number of hydrogen-bond donors (Lipinski definition) is 1. The number of carbonyl (C=O) groups is 1. The zero-order chi connectivity index (χ0) is 18.5. The molecular weight excluding hydrogens is 394 g/mol. The van der Waals surface area contributed by atoms with E-state index in [4.69, 9.17) is 4.74 Å². The van der Waals surface area contributed by atoms with Crippen molar-refractivity contribution in [2.45, 2.75) is 26.5 Å². The number of carbonyl (C=O) groups excluding carboxylic acids is 1. The van der Waals surface area contributed by atoms with Gasteiger partial charge in [-0.05, 0) is 55.8 Å². The Labute approximate surface area is 161 Å². The van der Waals surface area contributed by atoms with Crippen LogP contribution >= 0.6 is 15.9 Å². The van der Waals surface area contributed by atoms with E-state index in [0.717, 1.165) is 21.5 Å². The molecule has 26 heavy (non-hydrogen) atoms. The molecule has 0 bridgehead atoms. The predicted molar refractivity (Wildman–Crippen MR) is 105 cm³/mol. The monoisotopic (exact) mass is 413 g/mol. The van der Waals surface area contributed by atoms with Crippen molar-refractivity contribution in [2.24, 2.45) is 0 Å². The van der Waals surface area contributed by atoms with Crippen molar-refractivity contribution >= 4 is 21.8 Å². The second-order valence-electron chi connectivity index (χ2n) is 6.14. The summed E-state index contributed by atoms with van der Waals surface area (Å²) in [6, 6.07) is 15.4. The van der Waals surface area contributed by atoms with Gasteiger partial charge in [0.25, 0.3) is 5.91 Å². The van der Waals surface area contributed by atoms with Crippen molar-refractivity contribution in [1.82, 2.24) is 15.1 Å². The molecule has 0 atom stereocenters. The van der Waals surface area contributed by atoms with Gasteiger partial charge in [-0.1, -0.05) is 28.1 Å². The fourth-order valence-electron chi connectivity index (χ4n) is 2.42. The topological polar surface area (TPSA) is 56.1 Å². The molecule has 2 aromatic carbocycles. The molecule has 3 aromatic rings. The van der Waals surface area contributed by atoms with Crippen LogP contribution in [-0.2, 0) is 6.54 Å². The van der Waals surface area contributed by atoms with Gasteiger partial charge in [-0.2, -0.15) is 5.10 Å². The molecule has 0 saturated heterocycles. The maximum absolute atomic E-state index is 12.3. The van der Waals surface area contributed by atoms with Crippen LogP contribution in [0.4, 0.5) is 0 Å². The number of halogens is 1. The summed E-state index contributed by atoms with van der Waals surface area (Å²) in [7, 11) is 0. The Bertz CT molecular complexity index is 871. The van der Waals surface area contributed by atoms with E-state index in [1.165, 1.54) is 0 Å². The Balaban J connectivity index is 1.59. The molecule has 0 aliphatic heterocycles. The molecule has 5 nitrogen and oxygen atoms in total. The van der Waals surface area contributed by atoms with Gasteiger partial charge < -0.3 is 10.1 Å². The van der Waals surface area contributed by atoms with Crippen LogP contribution < -0.4 is 10.1 Å². The standard InChI is InChI=1S/C20H20BrN3O2/c1-14(2)26-19-9-3-15(4-10-19)11-22-20(25)16-12-23-24(13-16)18-7-5-17(21)6-8-18/h3-10,12-14H,11H2,1-2H3,(H,22,25). The van der Waals surface area contributed by atoms with Gasteiger partial charge in [0.2, 0.25) is 0 Å². The van der Waals surface area contributed by atoms with Crippen LogP contribution in [0, 0.1) is 0 Å². The van der Waals surface area contributed by atoms with Crippen molar-refractivity contribution < 1.29 is 9.53 Å². The molecule has 0 spiro atoms. The first-order valence-corrected chi connectivity index (χ1v) is 9.15. The largest absolute Gasteiger partial charge is 0.491 e. The summed E-state index contributed by atoms with van der Waals surface area (Å²) < 4.78 is 8.29. The minimum absolute atomic E-state index is 0.141. The molecule has 0 unspecified atom stereocenters. The number of rotatable bonds is 6. The van der Waals surface area contributed by atoms with E-state index in [1.54, 1.807) is 17.1 Å². The quantitative estimate of drug-likeness (QED) is 0.653. The molecule has 134 valence electrons. The van der Waals surface area contributed by atoms with Crippen LogP contribution in [-0.4, -0.2) is 21.8 Å². The van der Waals surface area contributed by atoms with E-state index >= 15 is 0 Å². The highest BCUT2D eigenvalue weighted by Gasteiger charge is 2.09. The zero-order valence-corrected chi connectivity index (χ0v) is 16.2. The number of amides is 1. The summed E-state index contributed by atoms with van der Waals surface area (Å²) in [4.78, 5) is 12.3. The molecule has 0 fully saturated rings. The van der Waals surface area contributed by atoms with Crippen LogP contribution in [0.2, 0.25) is 0 Å². The van der Waals surface area contributed by atoms with Crippen molar-refractivity contribution in [3.05, 3.63) is 76.5 Å². The molecule has 1 aromatic heterocycles. The number of nitrogens with one attached hydrogen (secondary N) is 1. The van der Waals surface area contributed by atoms with Gasteiger partial charge in [0.1, 0.15) is 5.75 Å². The SMILES string of the molecule is CC(C)Oc1ccc(CNC(=O)c2cnn(-c3ccc(Br)cc3)c2)cc1. The first-order valence-electron chi connectivity index (χ1n) is 8.35. The third-order valence-electron chi connectivity index (χ3n) is 3.68. The van der Waals surface area contributed by atoms with Gasteiger partial charge in [-0.25, -0.2) is 4.68 Å². The van der Waals surface area contributed by atoms with Crippen LogP contribution in [0.1, 0.15) is 29.8 Å². The van der Waals surface area contributed by atoms with Gasteiger partial charge in [0, 0.05) is 17.2 Å². The molecule has 3 rings (SSSR count). The molecular formula is C20H20BrN3O2. The summed E-state index contributed by atoms with van der Waals surface area (Å²) in [6.45, 7) is 4.43. The van der Waals surface area contributed by atoms with E-state index in [-0.39, 0.29) is 12.0 Å². The number of ether oxygens (including phenoxy) is 1. The van der Waals surface area contributed by atoms with E-state index in [9.17, 15) is 4.79 Å². The van der Waals surface area contributed by atoms with Crippen LogP contribution in [0.5, 0.6) is 5.75 Å². The maximum Gasteiger partial charge on any atom is 0.254 e. The number of aromatic nitrogens is 2. The lowest BCUT2D eigenvalue weighted by molar-refractivity contribution is 0.0951. The Morgan fingerprint density at radius 3 is 2.50 bits per heavy atom. The Morgan fingerprint density at radius 2 is 1.85 bits per heavy atom. The van der Waals surface area contributed by atoms with Gasteiger partial charge in [-0.3, -0.25) is 4.79 Å². The second-order valence-corrected chi connectivity index (χ2v) is 7.06. The summed E-state index contributed by atoms with van der Waals surface area (Å²) in [6.07, 6.45) is 3.43. The third kappa shape index (κ3) is 4.73. The molecule has 6 heteroatoms. The van der Waals surface area contributed by atoms with Crippen molar-refractivity contribution in [3.63, 3.8) is 0 Å². The third-order valence-corrected chi connectivity index (χ3v) is 4.21.